The van der Waals surface area contributed by atoms with Crippen LogP contribution in [0.1, 0.15) is 36.6 Å². The summed E-state index contributed by atoms with van der Waals surface area (Å²) in [7, 11) is 1.87. The van der Waals surface area contributed by atoms with E-state index in [4.69, 9.17) is 0 Å². The average molecular weight is 381 g/mol. The summed E-state index contributed by atoms with van der Waals surface area (Å²) in [6.45, 7) is 0. The van der Waals surface area contributed by atoms with Crippen molar-refractivity contribution in [2.45, 2.75) is 6.42 Å². The van der Waals surface area contributed by atoms with E-state index in [1.165, 1.54) is 4.90 Å². The highest BCUT2D eigenvalue weighted by molar-refractivity contribution is 6.31. The predicted octanol–water partition coefficient (Wildman–Crippen LogP) is 3.05. The number of hydrogen-bond acceptors (Lipinski definition) is 3. The van der Waals surface area contributed by atoms with Crippen molar-refractivity contribution in [3.8, 4) is 0 Å². The number of allylic oxidation sites excluding steroid dienone is 2. The highest BCUT2D eigenvalue weighted by atomic mass is 16.2. The summed E-state index contributed by atoms with van der Waals surface area (Å²) in [4.78, 5) is 41.2. The van der Waals surface area contributed by atoms with Crippen molar-refractivity contribution in [2.75, 3.05) is 4.90 Å². The standard InChI is InChI=1S/C24H17N2O3/c1-25-12-10-15(11-13-25)24(29)26-20-9-5-4-8-18(20)23(28)21(26)19-14-16-6-2-3-7-17(16)22(19)27/h2-13H,14H2,1H3/q+1/b21-19-. The van der Waals surface area contributed by atoms with Crippen molar-refractivity contribution < 1.29 is 19.0 Å². The number of rotatable bonds is 1. The van der Waals surface area contributed by atoms with E-state index in [2.05, 4.69) is 0 Å². The maximum absolute atomic E-state index is 13.4. The highest BCUT2D eigenvalue weighted by Gasteiger charge is 2.42. The fraction of sp³-hybridized carbons (Fsp3) is 0.0833. The van der Waals surface area contributed by atoms with Crippen LogP contribution in [0.15, 0.2) is 84.3 Å². The number of pyridine rings is 1. The van der Waals surface area contributed by atoms with Gasteiger partial charge in [-0.25, -0.2) is 4.57 Å². The minimum atomic E-state index is -0.324. The van der Waals surface area contributed by atoms with E-state index in [9.17, 15) is 14.4 Å². The van der Waals surface area contributed by atoms with Gasteiger partial charge in [0.15, 0.2) is 18.2 Å². The fourth-order valence-electron chi connectivity index (χ4n) is 3.99. The number of aromatic nitrogens is 1. The third-order valence-electron chi connectivity index (χ3n) is 5.45. The number of para-hydroxylation sites is 1. The van der Waals surface area contributed by atoms with Gasteiger partial charge in [0.1, 0.15) is 12.7 Å². The van der Waals surface area contributed by atoms with E-state index >= 15 is 0 Å². The molecule has 2 aliphatic rings. The van der Waals surface area contributed by atoms with E-state index in [1.54, 1.807) is 54.9 Å². The summed E-state index contributed by atoms with van der Waals surface area (Å²) in [5.74, 6) is -0.796. The monoisotopic (exact) mass is 381 g/mol. The lowest BCUT2D eigenvalue weighted by Gasteiger charge is -2.19. The lowest BCUT2D eigenvalue weighted by Crippen LogP contribution is -2.32. The Balaban J connectivity index is 1.70. The normalized spacial score (nSPS) is 17.5. The molecule has 0 fully saturated rings. The summed E-state index contributed by atoms with van der Waals surface area (Å²) in [6.07, 6.45) is 3.90. The van der Waals surface area contributed by atoms with Gasteiger partial charge in [-0.1, -0.05) is 36.4 Å². The number of fused-ring (bicyclic) bond motifs is 2. The van der Waals surface area contributed by atoms with Gasteiger partial charge in [-0.3, -0.25) is 19.3 Å². The minimum Gasteiger partial charge on any atom is -0.289 e. The summed E-state index contributed by atoms with van der Waals surface area (Å²) in [5.41, 5.74) is 3.43. The van der Waals surface area contributed by atoms with Crippen LogP contribution in [0.25, 0.3) is 0 Å². The zero-order chi connectivity index (χ0) is 20.1. The van der Waals surface area contributed by atoms with Crippen molar-refractivity contribution in [3.05, 3.63) is 107 Å². The molecule has 0 saturated carbocycles. The number of carbonyl (C=O) groups is 3. The second-order valence-corrected chi connectivity index (χ2v) is 7.23. The van der Waals surface area contributed by atoms with Crippen molar-refractivity contribution in [2.24, 2.45) is 7.05 Å². The third-order valence-corrected chi connectivity index (χ3v) is 5.45. The van der Waals surface area contributed by atoms with Gasteiger partial charge in [-0.05, 0) is 17.7 Å². The lowest BCUT2D eigenvalue weighted by atomic mass is 10.0. The Labute approximate surface area is 167 Å². The molecular weight excluding hydrogens is 364 g/mol. The van der Waals surface area contributed by atoms with Crippen molar-refractivity contribution in [1.29, 1.82) is 0 Å². The first-order valence-corrected chi connectivity index (χ1v) is 9.35. The van der Waals surface area contributed by atoms with Crippen LogP contribution in [-0.4, -0.2) is 17.5 Å². The molecule has 2 aromatic carbocycles. The quantitative estimate of drug-likeness (QED) is 0.481. The van der Waals surface area contributed by atoms with Gasteiger partial charge in [0.25, 0.3) is 5.91 Å². The predicted molar refractivity (Wildman–Crippen MR) is 107 cm³/mol. The molecule has 1 aliphatic carbocycles. The van der Waals surface area contributed by atoms with Gasteiger partial charge in [-0.2, -0.15) is 0 Å². The molecule has 0 radical (unpaired) electrons. The van der Waals surface area contributed by atoms with Crippen LogP contribution in [0.5, 0.6) is 0 Å². The molecule has 1 aromatic heterocycles. The van der Waals surface area contributed by atoms with Gasteiger partial charge in [-0.15, -0.1) is 0 Å². The molecule has 5 heteroatoms. The van der Waals surface area contributed by atoms with Crippen LogP contribution in [0, 0.1) is 0 Å². The average Bonchev–Trinajstić information content (AvgIpc) is 3.23. The molecule has 29 heavy (non-hydrogen) atoms. The van der Waals surface area contributed by atoms with Crippen LogP contribution in [0.2, 0.25) is 0 Å². The summed E-state index contributed by atoms with van der Waals surface area (Å²) < 4.78 is 1.83. The maximum atomic E-state index is 13.4. The van der Waals surface area contributed by atoms with E-state index < -0.39 is 0 Å². The highest BCUT2D eigenvalue weighted by Crippen LogP contribution is 2.40. The summed E-state index contributed by atoms with van der Waals surface area (Å²) in [6, 6.07) is 17.7. The van der Waals surface area contributed by atoms with Crippen LogP contribution in [-0.2, 0) is 13.5 Å². The Bertz CT molecular complexity index is 1240. The molecule has 0 saturated heterocycles. The van der Waals surface area contributed by atoms with Crippen LogP contribution < -0.4 is 9.47 Å². The molecule has 0 unspecified atom stereocenters. The number of anilines is 1. The molecular formula is C24H17N2O3+. The largest absolute Gasteiger partial charge is 0.289 e. The van der Waals surface area contributed by atoms with Crippen LogP contribution in [0.3, 0.4) is 0 Å². The van der Waals surface area contributed by atoms with E-state index in [-0.39, 0.29) is 23.2 Å². The first-order valence-electron chi connectivity index (χ1n) is 9.35. The molecule has 0 N–H and O–H groups in total. The van der Waals surface area contributed by atoms with E-state index in [0.29, 0.717) is 34.4 Å². The number of Topliss-reactive ketones (excluding diaryl/α,β-unsaturated/α-hetero) is 2. The summed E-state index contributed by atoms with van der Waals surface area (Å²) >= 11 is 0. The van der Waals surface area contributed by atoms with E-state index in [0.717, 1.165) is 5.56 Å². The molecule has 0 atom stereocenters. The molecule has 1 amide bonds. The van der Waals surface area contributed by atoms with Crippen molar-refractivity contribution in [1.82, 2.24) is 0 Å². The zero-order valence-electron chi connectivity index (χ0n) is 15.8. The minimum absolute atomic E-state index is 0.172. The Kier molecular flexibility index (Phi) is 3.77. The lowest BCUT2D eigenvalue weighted by molar-refractivity contribution is -0.671. The SMILES string of the molecule is C[n+]1ccc(C(=O)N2/C(=C3/Cc4ccccc4C3=O)C(=O)c3ccccc32)cc1. The van der Waals surface area contributed by atoms with Crippen molar-refractivity contribution in [3.63, 3.8) is 0 Å². The van der Waals surface area contributed by atoms with Gasteiger partial charge in [0.05, 0.1) is 11.3 Å². The molecule has 0 bridgehead atoms. The smallest absolute Gasteiger partial charge is 0.263 e. The number of amides is 1. The topological polar surface area (TPSA) is 58.3 Å². The first kappa shape index (κ1) is 17.3. The van der Waals surface area contributed by atoms with Gasteiger partial charge in [0, 0.05) is 35.3 Å². The molecule has 0 spiro atoms. The Morgan fingerprint density at radius 3 is 2.24 bits per heavy atom. The van der Waals surface area contributed by atoms with Crippen LogP contribution >= 0.6 is 0 Å². The number of carbonyl (C=O) groups excluding carboxylic acids is 3. The first-order chi connectivity index (χ1) is 14.1. The number of ketones is 2. The molecule has 1 aliphatic heterocycles. The van der Waals surface area contributed by atoms with E-state index in [1.807, 2.05) is 29.8 Å². The maximum Gasteiger partial charge on any atom is 0.263 e. The van der Waals surface area contributed by atoms with Gasteiger partial charge >= 0.3 is 0 Å². The third kappa shape index (κ3) is 2.55. The Hall–Kier alpha value is -3.86. The van der Waals surface area contributed by atoms with Gasteiger partial charge < -0.3 is 0 Å². The molecule has 3 aromatic rings. The Morgan fingerprint density at radius 2 is 1.52 bits per heavy atom. The van der Waals surface area contributed by atoms with Crippen LogP contribution in [0.4, 0.5) is 5.69 Å². The zero-order valence-corrected chi connectivity index (χ0v) is 15.8. The summed E-state index contributed by atoms with van der Waals surface area (Å²) in [5, 5.41) is 0. The molecule has 2 heterocycles. The fourth-order valence-corrected chi connectivity index (χ4v) is 3.99. The number of hydrogen-bond donors (Lipinski definition) is 0. The second kappa shape index (κ2) is 6.34. The molecule has 5 rings (SSSR count). The molecule has 140 valence electrons. The van der Waals surface area contributed by atoms with Crippen molar-refractivity contribution >= 4 is 23.2 Å². The second-order valence-electron chi connectivity index (χ2n) is 7.23. The number of benzene rings is 2. The number of nitrogens with zero attached hydrogens (tertiary/aromatic N) is 2. The molecule has 5 nitrogen and oxygen atoms in total. The number of aryl methyl sites for hydroxylation is 1. The Morgan fingerprint density at radius 1 is 0.862 bits per heavy atom. The van der Waals surface area contributed by atoms with Gasteiger partial charge in [0.2, 0.25) is 5.78 Å².